The van der Waals surface area contributed by atoms with Gasteiger partial charge in [-0.25, -0.2) is 4.31 Å². The van der Waals surface area contributed by atoms with Gasteiger partial charge in [0, 0.05) is 29.4 Å². The van der Waals surface area contributed by atoms with Crippen LogP contribution in [0.2, 0.25) is 0 Å². The van der Waals surface area contributed by atoms with E-state index in [1.807, 2.05) is 4.31 Å². The summed E-state index contributed by atoms with van der Waals surface area (Å²) in [7, 11) is 0. The molecule has 7 heteroatoms. The van der Waals surface area contributed by atoms with Crippen molar-refractivity contribution < 1.29 is 17.9 Å². The molecule has 1 aliphatic heterocycles. The van der Waals surface area contributed by atoms with Gasteiger partial charge in [0.05, 0.1) is 18.8 Å². The number of allylic oxidation sites excluding steroid dienone is 1. The Hall–Kier alpha value is -1.44. The second kappa shape index (κ2) is 7.21. The Morgan fingerprint density at radius 3 is 2.55 bits per heavy atom. The van der Waals surface area contributed by atoms with Crippen molar-refractivity contribution in [2.75, 3.05) is 31.6 Å². The quantitative estimate of drug-likeness (QED) is 0.647. The highest BCUT2D eigenvalue weighted by molar-refractivity contribution is 7.97. The number of nitrogens with one attached hydrogen (secondary N) is 1. The van der Waals surface area contributed by atoms with Gasteiger partial charge in [-0.15, -0.1) is 0 Å². The SMILES string of the molecule is C=CC(=C)Nc1cc(SN2CCOCC2)cc(C(F)(F)F)c1. The largest absolute Gasteiger partial charge is 0.416 e. The molecule has 0 aliphatic carbocycles. The fourth-order valence-electron chi connectivity index (χ4n) is 1.91. The topological polar surface area (TPSA) is 24.5 Å². The molecule has 0 radical (unpaired) electrons. The lowest BCUT2D eigenvalue weighted by atomic mass is 10.2. The Labute approximate surface area is 132 Å². The minimum atomic E-state index is -4.40. The summed E-state index contributed by atoms with van der Waals surface area (Å²) >= 11 is 1.30. The fraction of sp³-hybridized carbons (Fsp3) is 0.333. The zero-order valence-corrected chi connectivity index (χ0v) is 12.8. The molecule has 1 aromatic carbocycles. The van der Waals surface area contributed by atoms with Crippen LogP contribution in [0, 0.1) is 0 Å². The number of anilines is 1. The minimum absolute atomic E-state index is 0.343. The molecule has 22 heavy (non-hydrogen) atoms. The van der Waals surface area contributed by atoms with Gasteiger partial charge in [-0.05, 0) is 36.2 Å². The molecule has 0 aromatic heterocycles. The van der Waals surface area contributed by atoms with Crippen molar-refractivity contribution >= 4 is 17.6 Å². The van der Waals surface area contributed by atoms with Crippen LogP contribution in [0.5, 0.6) is 0 Å². The lowest BCUT2D eigenvalue weighted by Crippen LogP contribution is -2.30. The number of nitrogens with zero attached hydrogens (tertiary/aromatic N) is 1. The molecule has 0 unspecified atom stereocenters. The van der Waals surface area contributed by atoms with Crippen LogP contribution >= 0.6 is 11.9 Å². The molecule has 3 nitrogen and oxygen atoms in total. The van der Waals surface area contributed by atoms with E-state index in [4.69, 9.17) is 4.74 Å². The first-order chi connectivity index (χ1) is 10.4. The van der Waals surface area contributed by atoms with Crippen molar-refractivity contribution in [1.29, 1.82) is 0 Å². The van der Waals surface area contributed by atoms with Crippen molar-refractivity contribution in [3.63, 3.8) is 0 Å². The van der Waals surface area contributed by atoms with Gasteiger partial charge in [0.2, 0.25) is 0 Å². The van der Waals surface area contributed by atoms with E-state index in [2.05, 4.69) is 18.5 Å². The van der Waals surface area contributed by atoms with Gasteiger partial charge >= 0.3 is 6.18 Å². The molecule has 2 rings (SSSR count). The zero-order chi connectivity index (χ0) is 16.2. The maximum absolute atomic E-state index is 13.0. The average Bonchev–Trinajstić information content (AvgIpc) is 2.47. The molecule has 0 spiro atoms. The zero-order valence-electron chi connectivity index (χ0n) is 11.9. The van der Waals surface area contributed by atoms with Crippen LogP contribution in [0.3, 0.4) is 0 Å². The molecule has 1 saturated heterocycles. The first kappa shape index (κ1) is 16.9. The predicted octanol–water partition coefficient (Wildman–Crippen LogP) is 4.16. The molecule has 1 aliphatic rings. The molecule has 0 saturated carbocycles. The molecule has 0 bridgehead atoms. The van der Waals surface area contributed by atoms with E-state index in [9.17, 15) is 13.2 Å². The Morgan fingerprint density at radius 2 is 1.95 bits per heavy atom. The number of hydrogen-bond donors (Lipinski definition) is 1. The first-order valence-corrected chi connectivity index (χ1v) is 7.47. The lowest BCUT2D eigenvalue weighted by molar-refractivity contribution is -0.137. The molecule has 120 valence electrons. The second-order valence-electron chi connectivity index (χ2n) is 4.73. The van der Waals surface area contributed by atoms with Crippen LogP contribution < -0.4 is 5.32 Å². The van der Waals surface area contributed by atoms with Gasteiger partial charge in [0.15, 0.2) is 0 Å². The van der Waals surface area contributed by atoms with Gasteiger partial charge in [0.1, 0.15) is 0 Å². The summed E-state index contributed by atoms with van der Waals surface area (Å²) in [6.45, 7) is 9.74. The molecule has 1 fully saturated rings. The third-order valence-corrected chi connectivity index (χ3v) is 4.06. The van der Waals surface area contributed by atoms with Crippen LogP contribution in [-0.4, -0.2) is 30.6 Å². The molecule has 0 atom stereocenters. The number of hydrogen-bond acceptors (Lipinski definition) is 4. The third-order valence-electron chi connectivity index (χ3n) is 2.99. The van der Waals surface area contributed by atoms with Gasteiger partial charge < -0.3 is 10.1 Å². The fourth-order valence-corrected chi connectivity index (χ4v) is 2.90. The Kier molecular flexibility index (Phi) is 5.55. The first-order valence-electron chi connectivity index (χ1n) is 6.70. The van der Waals surface area contributed by atoms with Crippen LogP contribution in [0.25, 0.3) is 0 Å². The van der Waals surface area contributed by atoms with Crippen molar-refractivity contribution in [3.8, 4) is 0 Å². The number of rotatable bonds is 5. The summed E-state index contributed by atoms with van der Waals surface area (Å²) < 4.78 is 46.3. The van der Waals surface area contributed by atoms with E-state index >= 15 is 0 Å². The molecular formula is C15H17F3N2OS. The summed E-state index contributed by atoms with van der Waals surface area (Å²) in [5.41, 5.74) is 0.0993. The summed E-state index contributed by atoms with van der Waals surface area (Å²) in [5, 5.41) is 2.81. The highest BCUT2D eigenvalue weighted by atomic mass is 32.2. The maximum atomic E-state index is 13.0. The Balaban J connectivity index is 2.24. The highest BCUT2D eigenvalue weighted by Crippen LogP contribution is 2.36. The number of benzene rings is 1. The van der Waals surface area contributed by atoms with Crippen LogP contribution in [0.1, 0.15) is 5.56 Å². The summed E-state index contributed by atoms with van der Waals surface area (Å²) in [6, 6.07) is 3.89. The predicted molar refractivity (Wildman–Crippen MR) is 82.7 cm³/mol. The van der Waals surface area contributed by atoms with Crippen LogP contribution in [0.15, 0.2) is 48.0 Å². The van der Waals surface area contributed by atoms with Crippen molar-refractivity contribution in [1.82, 2.24) is 4.31 Å². The molecular weight excluding hydrogens is 313 g/mol. The van der Waals surface area contributed by atoms with Gasteiger partial charge in [-0.3, -0.25) is 0 Å². The van der Waals surface area contributed by atoms with E-state index < -0.39 is 11.7 Å². The number of halogens is 3. The van der Waals surface area contributed by atoms with E-state index in [1.54, 1.807) is 6.07 Å². The monoisotopic (exact) mass is 330 g/mol. The lowest BCUT2D eigenvalue weighted by Gasteiger charge is -2.25. The summed E-state index contributed by atoms with van der Waals surface area (Å²) in [6.07, 6.45) is -2.94. The molecule has 0 amide bonds. The summed E-state index contributed by atoms with van der Waals surface area (Å²) in [4.78, 5) is 0.524. The van der Waals surface area contributed by atoms with E-state index in [-0.39, 0.29) is 0 Å². The number of alkyl halides is 3. The van der Waals surface area contributed by atoms with Crippen molar-refractivity contribution in [2.24, 2.45) is 0 Å². The summed E-state index contributed by atoms with van der Waals surface area (Å²) in [5.74, 6) is 0. The number of ether oxygens (including phenoxy) is 1. The van der Waals surface area contributed by atoms with Crippen molar-refractivity contribution in [2.45, 2.75) is 11.1 Å². The van der Waals surface area contributed by atoms with E-state index in [0.717, 1.165) is 12.1 Å². The van der Waals surface area contributed by atoms with Crippen LogP contribution in [-0.2, 0) is 10.9 Å². The van der Waals surface area contributed by atoms with Gasteiger partial charge in [-0.2, -0.15) is 13.2 Å². The Morgan fingerprint density at radius 1 is 1.27 bits per heavy atom. The second-order valence-corrected chi connectivity index (χ2v) is 5.90. The number of morpholine rings is 1. The standard InChI is InChI=1S/C15H17F3N2OS/c1-3-11(2)19-13-8-12(15(16,17)18)9-14(10-13)22-20-4-6-21-7-5-20/h3,8-10,19H,1-2,4-7H2. The normalized spacial score (nSPS) is 16.3. The smallest absolute Gasteiger partial charge is 0.379 e. The molecule has 1 aromatic rings. The van der Waals surface area contributed by atoms with Gasteiger partial charge in [0.25, 0.3) is 0 Å². The molecule has 1 N–H and O–H groups in total. The highest BCUT2D eigenvalue weighted by Gasteiger charge is 2.31. The van der Waals surface area contributed by atoms with Crippen LogP contribution in [0.4, 0.5) is 18.9 Å². The van der Waals surface area contributed by atoms with E-state index in [0.29, 0.717) is 42.6 Å². The maximum Gasteiger partial charge on any atom is 0.416 e. The molecule has 1 heterocycles. The Bertz CT molecular complexity index is 554. The third kappa shape index (κ3) is 4.79. The van der Waals surface area contributed by atoms with Crippen molar-refractivity contribution in [3.05, 3.63) is 48.7 Å². The minimum Gasteiger partial charge on any atom is -0.379 e. The van der Waals surface area contributed by atoms with E-state index in [1.165, 1.54) is 18.0 Å². The van der Waals surface area contributed by atoms with Gasteiger partial charge in [-0.1, -0.05) is 13.2 Å². The average molecular weight is 330 g/mol.